The van der Waals surface area contributed by atoms with Crippen molar-refractivity contribution in [1.29, 1.82) is 0 Å². The first kappa shape index (κ1) is 11.9. The highest BCUT2D eigenvalue weighted by Crippen LogP contribution is 2.07. The van der Waals surface area contributed by atoms with Crippen molar-refractivity contribution < 1.29 is 14.7 Å². The summed E-state index contributed by atoms with van der Waals surface area (Å²) in [5.41, 5.74) is 0. The van der Waals surface area contributed by atoms with E-state index in [-0.39, 0.29) is 19.0 Å². The average molecular weight is 215 g/mol. The van der Waals surface area contributed by atoms with Gasteiger partial charge in [0.15, 0.2) is 0 Å². The molecule has 1 aliphatic rings. The molecule has 1 atom stereocenters. The molecule has 0 aromatic carbocycles. The molecule has 0 aromatic rings. The lowest BCUT2D eigenvalue weighted by molar-refractivity contribution is -0.147. The molecule has 1 amide bonds. The van der Waals surface area contributed by atoms with E-state index < -0.39 is 12.0 Å². The predicted molar refractivity (Wildman–Crippen MR) is 54.6 cm³/mol. The molecule has 0 aliphatic carbocycles. The van der Waals surface area contributed by atoms with E-state index in [9.17, 15) is 9.59 Å². The van der Waals surface area contributed by atoms with E-state index in [1.165, 1.54) is 0 Å². The Morgan fingerprint density at radius 3 is 2.67 bits per heavy atom. The maximum Gasteiger partial charge on any atom is 0.322 e. The number of carbonyl (C=O) groups is 2. The summed E-state index contributed by atoms with van der Waals surface area (Å²) in [4.78, 5) is 25.8. The van der Waals surface area contributed by atoms with Gasteiger partial charge in [-0.2, -0.15) is 0 Å². The maximum absolute atomic E-state index is 11.5. The zero-order chi connectivity index (χ0) is 11.4. The van der Waals surface area contributed by atoms with E-state index in [2.05, 4.69) is 5.32 Å². The average Bonchev–Trinajstić information content (AvgIpc) is 2.18. The van der Waals surface area contributed by atoms with Crippen molar-refractivity contribution in [2.75, 3.05) is 40.3 Å². The Labute approximate surface area is 88.8 Å². The Balaban J connectivity index is 2.57. The minimum absolute atomic E-state index is 0.0446. The summed E-state index contributed by atoms with van der Waals surface area (Å²) < 4.78 is 0. The van der Waals surface area contributed by atoms with Crippen molar-refractivity contribution in [2.45, 2.75) is 6.04 Å². The van der Waals surface area contributed by atoms with E-state index >= 15 is 0 Å². The number of nitrogens with one attached hydrogen (secondary N) is 1. The standard InChI is InChI=1S/C9H17N3O3/c1-10-5-8(13)12-4-3-11(2)7(6-12)9(14)15/h7,10H,3-6H2,1-2H3,(H,14,15). The molecule has 86 valence electrons. The molecule has 0 spiro atoms. The number of carboxylic acids is 1. The molecule has 0 aromatic heterocycles. The highest BCUT2D eigenvalue weighted by Gasteiger charge is 2.31. The zero-order valence-corrected chi connectivity index (χ0v) is 9.06. The van der Waals surface area contributed by atoms with Gasteiger partial charge < -0.3 is 15.3 Å². The molecule has 0 saturated carbocycles. The van der Waals surface area contributed by atoms with Gasteiger partial charge in [0.2, 0.25) is 5.91 Å². The largest absolute Gasteiger partial charge is 0.480 e. The summed E-state index contributed by atoms with van der Waals surface area (Å²) >= 11 is 0. The van der Waals surface area contributed by atoms with E-state index in [0.29, 0.717) is 13.1 Å². The number of nitrogens with zero attached hydrogens (tertiary/aromatic N) is 2. The van der Waals surface area contributed by atoms with Crippen molar-refractivity contribution in [2.24, 2.45) is 0 Å². The van der Waals surface area contributed by atoms with Crippen LogP contribution >= 0.6 is 0 Å². The van der Waals surface area contributed by atoms with Crippen LogP contribution in [0.3, 0.4) is 0 Å². The van der Waals surface area contributed by atoms with Crippen LogP contribution in [0, 0.1) is 0 Å². The third-order valence-electron chi connectivity index (χ3n) is 2.61. The molecule has 1 fully saturated rings. The number of aliphatic carboxylic acids is 1. The Morgan fingerprint density at radius 1 is 1.47 bits per heavy atom. The molecule has 2 N–H and O–H groups in total. The summed E-state index contributed by atoms with van der Waals surface area (Å²) in [7, 11) is 3.46. The third-order valence-corrected chi connectivity index (χ3v) is 2.61. The number of hydrogen-bond acceptors (Lipinski definition) is 4. The number of carbonyl (C=O) groups excluding carboxylic acids is 1. The zero-order valence-electron chi connectivity index (χ0n) is 9.06. The first-order chi connectivity index (χ1) is 7.06. The fraction of sp³-hybridized carbons (Fsp3) is 0.778. The van der Waals surface area contributed by atoms with Crippen molar-refractivity contribution in [3.05, 3.63) is 0 Å². The number of rotatable bonds is 3. The topological polar surface area (TPSA) is 72.9 Å². The summed E-state index contributed by atoms with van der Waals surface area (Å²) in [5, 5.41) is 11.7. The molecular weight excluding hydrogens is 198 g/mol. The maximum atomic E-state index is 11.5. The van der Waals surface area contributed by atoms with E-state index in [4.69, 9.17) is 5.11 Å². The van der Waals surface area contributed by atoms with Gasteiger partial charge in [0.25, 0.3) is 0 Å². The fourth-order valence-electron chi connectivity index (χ4n) is 1.63. The second-order valence-electron chi connectivity index (χ2n) is 3.70. The molecule has 15 heavy (non-hydrogen) atoms. The van der Waals surface area contributed by atoms with Crippen LogP contribution in [0.25, 0.3) is 0 Å². The van der Waals surface area contributed by atoms with E-state index in [0.717, 1.165) is 0 Å². The molecule has 0 radical (unpaired) electrons. The Hall–Kier alpha value is -1.14. The molecule has 1 aliphatic heterocycles. The van der Waals surface area contributed by atoms with Crippen LogP contribution in [-0.4, -0.2) is 73.1 Å². The molecule has 6 nitrogen and oxygen atoms in total. The van der Waals surface area contributed by atoms with Crippen LogP contribution in [0.4, 0.5) is 0 Å². The monoisotopic (exact) mass is 215 g/mol. The first-order valence-electron chi connectivity index (χ1n) is 4.91. The lowest BCUT2D eigenvalue weighted by Crippen LogP contribution is -2.57. The molecule has 6 heteroatoms. The summed E-state index contributed by atoms with van der Waals surface area (Å²) in [6.45, 7) is 1.73. The first-order valence-corrected chi connectivity index (χ1v) is 4.91. The molecule has 1 saturated heterocycles. The highest BCUT2D eigenvalue weighted by atomic mass is 16.4. The molecule has 1 rings (SSSR count). The van der Waals surface area contributed by atoms with E-state index in [1.807, 2.05) is 0 Å². The van der Waals surface area contributed by atoms with Crippen LogP contribution in [0.2, 0.25) is 0 Å². The smallest absolute Gasteiger partial charge is 0.322 e. The van der Waals surface area contributed by atoms with Gasteiger partial charge in [-0.15, -0.1) is 0 Å². The normalized spacial score (nSPS) is 22.8. The van der Waals surface area contributed by atoms with Gasteiger partial charge in [-0.05, 0) is 14.1 Å². The van der Waals surface area contributed by atoms with Crippen LogP contribution < -0.4 is 5.32 Å². The Morgan fingerprint density at radius 2 is 2.13 bits per heavy atom. The number of piperazine rings is 1. The number of carboxylic acid groups (broad SMARTS) is 1. The summed E-state index contributed by atoms with van der Waals surface area (Å²) in [5.74, 6) is -0.920. The molecule has 1 unspecified atom stereocenters. The van der Waals surface area contributed by atoms with Crippen molar-refractivity contribution in [1.82, 2.24) is 15.1 Å². The van der Waals surface area contributed by atoms with E-state index in [1.54, 1.807) is 23.9 Å². The minimum Gasteiger partial charge on any atom is -0.480 e. The van der Waals surface area contributed by atoms with Crippen molar-refractivity contribution in [3.63, 3.8) is 0 Å². The van der Waals surface area contributed by atoms with Gasteiger partial charge in [-0.1, -0.05) is 0 Å². The minimum atomic E-state index is -0.876. The fourth-order valence-corrected chi connectivity index (χ4v) is 1.63. The number of hydrogen-bond donors (Lipinski definition) is 2. The lowest BCUT2D eigenvalue weighted by Gasteiger charge is -2.37. The van der Waals surface area contributed by atoms with Crippen LogP contribution in [0.1, 0.15) is 0 Å². The van der Waals surface area contributed by atoms with Crippen molar-refractivity contribution >= 4 is 11.9 Å². The predicted octanol–water partition coefficient (Wildman–Crippen LogP) is -1.57. The summed E-state index contributed by atoms with van der Waals surface area (Å²) in [6, 6.07) is -0.584. The van der Waals surface area contributed by atoms with Gasteiger partial charge in [0.1, 0.15) is 6.04 Å². The second kappa shape index (κ2) is 5.09. The van der Waals surface area contributed by atoms with Crippen LogP contribution in [-0.2, 0) is 9.59 Å². The molecule has 1 heterocycles. The summed E-state index contributed by atoms with van der Waals surface area (Å²) in [6.07, 6.45) is 0. The van der Waals surface area contributed by atoms with Gasteiger partial charge in [0, 0.05) is 19.6 Å². The number of amides is 1. The molecular formula is C9H17N3O3. The number of likely N-dealkylation sites (N-methyl/N-ethyl adjacent to an activating group) is 2. The second-order valence-corrected chi connectivity index (χ2v) is 3.70. The Bertz CT molecular complexity index is 257. The van der Waals surface area contributed by atoms with Crippen LogP contribution in [0.15, 0.2) is 0 Å². The van der Waals surface area contributed by atoms with Gasteiger partial charge in [0.05, 0.1) is 6.54 Å². The van der Waals surface area contributed by atoms with Crippen molar-refractivity contribution in [3.8, 4) is 0 Å². The third kappa shape index (κ3) is 2.90. The van der Waals surface area contributed by atoms with Gasteiger partial charge in [-0.25, -0.2) is 0 Å². The molecule has 0 bridgehead atoms. The van der Waals surface area contributed by atoms with Gasteiger partial charge >= 0.3 is 5.97 Å². The quantitative estimate of drug-likeness (QED) is 0.595. The lowest BCUT2D eigenvalue weighted by atomic mass is 10.2. The highest BCUT2D eigenvalue weighted by molar-refractivity contribution is 5.80. The Kier molecular flexibility index (Phi) is 4.05. The SMILES string of the molecule is CNCC(=O)N1CCN(C)C(C(=O)O)C1. The van der Waals surface area contributed by atoms with Gasteiger partial charge in [-0.3, -0.25) is 14.5 Å². The van der Waals surface area contributed by atoms with Crippen LogP contribution in [0.5, 0.6) is 0 Å².